The molecule has 0 aliphatic carbocycles. The Morgan fingerprint density at radius 3 is 2.52 bits per heavy atom. The van der Waals surface area contributed by atoms with Gasteiger partial charge >= 0.3 is 6.09 Å². The van der Waals surface area contributed by atoms with Crippen LogP contribution >= 0.6 is 0 Å². The third-order valence-corrected chi connectivity index (χ3v) is 8.52. The molecule has 2 atom stereocenters. The molecule has 2 heterocycles. The van der Waals surface area contributed by atoms with Gasteiger partial charge in [-0.3, -0.25) is 9.69 Å². The van der Waals surface area contributed by atoms with Crippen LogP contribution in [0, 0.1) is 0 Å². The first-order chi connectivity index (χ1) is 18.8. The number of sulfone groups is 1. The van der Waals surface area contributed by atoms with Crippen molar-refractivity contribution in [3.05, 3.63) is 83.4 Å². The van der Waals surface area contributed by atoms with Crippen LogP contribution in [-0.2, 0) is 31.4 Å². The molecule has 3 N–H and O–H groups in total. The molecule has 210 valence electrons. The Kier molecular flexibility index (Phi) is 6.87. The maximum Gasteiger partial charge on any atom is 0.410 e. The van der Waals surface area contributed by atoms with Gasteiger partial charge in [-0.2, -0.15) is 0 Å². The van der Waals surface area contributed by atoms with Gasteiger partial charge < -0.3 is 20.5 Å². The zero-order valence-corrected chi connectivity index (χ0v) is 23.7. The molecule has 1 fully saturated rings. The Morgan fingerprint density at radius 1 is 1.10 bits per heavy atom. The molecule has 5 rings (SSSR count). The molecule has 2 aliphatic heterocycles. The summed E-state index contributed by atoms with van der Waals surface area (Å²) in [6.07, 6.45) is 1.03. The van der Waals surface area contributed by atoms with Crippen LogP contribution in [0.5, 0.6) is 0 Å². The van der Waals surface area contributed by atoms with Gasteiger partial charge in [-0.1, -0.05) is 36.4 Å². The third kappa shape index (κ3) is 4.93. The van der Waals surface area contributed by atoms with E-state index >= 15 is 0 Å². The number of fused-ring (bicyclic) bond motifs is 2. The average Bonchev–Trinajstić information content (AvgIpc) is 3.42. The minimum atomic E-state index is -3.57. The number of ether oxygens (including phenoxy) is 1. The zero-order valence-electron chi connectivity index (χ0n) is 22.9. The van der Waals surface area contributed by atoms with Crippen molar-refractivity contribution in [3.8, 4) is 0 Å². The lowest BCUT2D eigenvalue weighted by Gasteiger charge is -2.35. The predicted octanol–water partition coefficient (Wildman–Crippen LogP) is 4.90. The summed E-state index contributed by atoms with van der Waals surface area (Å²) in [7, 11) is -3.57. The van der Waals surface area contributed by atoms with Gasteiger partial charge in [-0.15, -0.1) is 0 Å². The van der Waals surface area contributed by atoms with Crippen molar-refractivity contribution in [3.63, 3.8) is 0 Å². The Morgan fingerprint density at radius 2 is 1.82 bits per heavy atom. The van der Waals surface area contributed by atoms with Crippen LogP contribution in [0.2, 0.25) is 0 Å². The average molecular weight is 564 g/mol. The number of nitrogens with zero attached hydrogens (tertiary/aromatic N) is 1. The molecule has 1 saturated heterocycles. The Labute approximate surface area is 234 Å². The van der Waals surface area contributed by atoms with Gasteiger partial charge in [0, 0.05) is 29.9 Å². The quantitative estimate of drug-likeness (QED) is 0.403. The van der Waals surface area contributed by atoms with Gasteiger partial charge in [-0.05, 0) is 74.2 Å². The van der Waals surface area contributed by atoms with E-state index in [-0.39, 0.29) is 10.8 Å². The molecule has 0 saturated carbocycles. The number of hydrogen-bond donors (Lipinski definition) is 3. The van der Waals surface area contributed by atoms with Gasteiger partial charge in [0.25, 0.3) is 0 Å². The first kappa shape index (κ1) is 27.7. The summed E-state index contributed by atoms with van der Waals surface area (Å²) < 4.78 is 30.3. The largest absolute Gasteiger partial charge is 0.444 e. The van der Waals surface area contributed by atoms with E-state index < -0.39 is 39.6 Å². The van der Waals surface area contributed by atoms with Gasteiger partial charge in [-0.25, -0.2) is 13.2 Å². The van der Waals surface area contributed by atoms with Crippen molar-refractivity contribution in [2.24, 2.45) is 0 Å². The van der Waals surface area contributed by atoms with Crippen LogP contribution in [-0.4, -0.2) is 48.8 Å². The number of benzene rings is 3. The second kappa shape index (κ2) is 9.94. The highest BCUT2D eigenvalue weighted by Gasteiger charge is 2.60. The van der Waals surface area contributed by atoms with E-state index in [4.69, 9.17) is 4.74 Å². The highest BCUT2D eigenvalue weighted by molar-refractivity contribution is 7.90. The smallest absolute Gasteiger partial charge is 0.410 e. The first-order valence-corrected chi connectivity index (χ1v) is 14.9. The summed E-state index contributed by atoms with van der Waals surface area (Å²) in [4.78, 5) is 28.8. The van der Waals surface area contributed by atoms with Crippen molar-refractivity contribution in [1.29, 1.82) is 0 Å². The Bertz CT molecular complexity index is 1600. The number of nitrogens with one attached hydrogen (secondary N) is 2. The number of amides is 2. The predicted molar refractivity (Wildman–Crippen MR) is 152 cm³/mol. The minimum Gasteiger partial charge on any atom is -0.444 e. The van der Waals surface area contributed by atoms with Crippen LogP contribution in [0.15, 0.2) is 71.6 Å². The standard InChI is InChI=1S/C30H33N3O6S/c1-29(2,3)39-28(36)33-15-14-30(23-10-5-6-11-24(23)32-27(30)35)26(33)19-8-7-9-21(16-19)31-22-13-12-20(18-34)25(17-22)40(4,37)38/h5-13,16-17,26,31,34H,14-15,18H2,1-4H3,(H,32,35)/t26?,30-/m0/s1. The molecule has 9 nitrogen and oxygen atoms in total. The number of hydrogen-bond acceptors (Lipinski definition) is 7. The lowest BCUT2D eigenvalue weighted by molar-refractivity contribution is -0.121. The molecule has 0 aromatic heterocycles. The fourth-order valence-electron chi connectivity index (χ4n) is 5.73. The van der Waals surface area contributed by atoms with Crippen LogP contribution in [0.1, 0.15) is 49.9 Å². The number of aliphatic hydroxyl groups excluding tert-OH is 1. The molecule has 1 spiro atoms. The van der Waals surface area contributed by atoms with Crippen molar-refractivity contribution in [2.75, 3.05) is 23.4 Å². The molecule has 0 radical (unpaired) electrons. The van der Waals surface area contributed by atoms with E-state index in [1.54, 1.807) is 37.8 Å². The topological polar surface area (TPSA) is 125 Å². The van der Waals surface area contributed by atoms with Crippen molar-refractivity contribution < 1.29 is 27.9 Å². The Balaban J connectivity index is 1.58. The van der Waals surface area contributed by atoms with Crippen LogP contribution < -0.4 is 10.6 Å². The third-order valence-electron chi connectivity index (χ3n) is 7.34. The molecule has 2 amide bonds. The lowest BCUT2D eigenvalue weighted by Crippen LogP contribution is -2.44. The summed E-state index contributed by atoms with van der Waals surface area (Å²) in [6.45, 7) is 5.35. The summed E-state index contributed by atoms with van der Waals surface area (Å²) >= 11 is 0. The molecule has 2 aliphatic rings. The van der Waals surface area contributed by atoms with E-state index in [0.29, 0.717) is 29.9 Å². The van der Waals surface area contributed by atoms with Crippen LogP contribution in [0.25, 0.3) is 0 Å². The zero-order chi connectivity index (χ0) is 28.9. The first-order valence-electron chi connectivity index (χ1n) is 13.0. The lowest BCUT2D eigenvalue weighted by atomic mass is 9.72. The van der Waals surface area contributed by atoms with Gasteiger partial charge in [0.2, 0.25) is 5.91 Å². The fourth-order valence-corrected chi connectivity index (χ4v) is 6.68. The second-order valence-electron chi connectivity index (χ2n) is 11.3. The highest BCUT2D eigenvalue weighted by Crippen LogP contribution is 2.55. The van der Waals surface area contributed by atoms with E-state index in [0.717, 1.165) is 23.1 Å². The number of anilines is 3. The minimum absolute atomic E-state index is 0.0428. The highest BCUT2D eigenvalue weighted by atomic mass is 32.2. The maximum absolute atomic E-state index is 13.7. The molecule has 3 aromatic carbocycles. The molecule has 1 unspecified atom stereocenters. The monoisotopic (exact) mass is 563 g/mol. The summed E-state index contributed by atoms with van der Waals surface area (Å²) in [6, 6.07) is 19.0. The number of para-hydroxylation sites is 1. The van der Waals surface area contributed by atoms with Gasteiger partial charge in [0.05, 0.1) is 17.5 Å². The van der Waals surface area contributed by atoms with E-state index in [1.807, 2.05) is 48.5 Å². The van der Waals surface area contributed by atoms with Crippen LogP contribution in [0.3, 0.4) is 0 Å². The van der Waals surface area contributed by atoms with E-state index in [1.165, 1.54) is 6.07 Å². The summed E-state index contributed by atoms with van der Waals surface area (Å²) in [5.41, 5.74) is 2.06. The molecule has 10 heteroatoms. The SMILES string of the molecule is CC(C)(C)OC(=O)N1CC[C@@]2(C(=O)Nc3ccccc32)C1c1cccc(Nc2ccc(CO)c(S(C)(=O)=O)c2)c1. The number of aliphatic hydroxyl groups is 1. The molecular formula is C30H33N3O6S. The van der Waals surface area contributed by atoms with Gasteiger partial charge in [0.15, 0.2) is 9.84 Å². The summed E-state index contributed by atoms with van der Waals surface area (Å²) in [5.74, 6) is -0.166. The number of carbonyl (C=O) groups excluding carboxylic acids is 2. The number of likely N-dealkylation sites (tertiary alicyclic amines) is 1. The molecule has 0 bridgehead atoms. The Hall–Kier alpha value is -3.89. The van der Waals surface area contributed by atoms with E-state index in [9.17, 15) is 23.1 Å². The maximum atomic E-state index is 13.7. The molecular weight excluding hydrogens is 530 g/mol. The molecule has 3 aromatic rings. The van der Waals surface area contributed by atoms with Gasteiger partial charge in [0.1, 0.15) is 11.0 Å². The fraction of sp³-hybridized carbons (Fsp3) is 0.333. The second-order valence-corrected chi connectivity index (χ2v) is 13.3. The molecule has 40 heavy (non-hydrogen) atoms. The van der Waals surface area contributed by atoms with Crippen molar-refractivity contribution in [1.82, 2.24) is 4.90 Å². The summed E-state index contributed by atoms with van der Waals surface area (Å²) in [5, 5.41) is 15.8. The van der Waals surface area contributed by atoms with E-state index in [2.05, 4.69) is 10.6 Å². The van der Waals surface area contributed by atoms with Crippen LogP contribution in [0.4, 0.5) is 21.9 Å². The number of rotatable bonds is 5. The number of carbonyl (C=O) groups is 2. The van der Waals surface area contributed by atoms with Crippen molar-refractivity contribution in [2.45, 2.75) is 55.8 Å². The normalized spacial score (nSPS) is 20.4. The van der Waals surface area contributed by atoms with Crippen molar-refractivity contribution >= 4 is 38.9 Å².